The van der Waals surface area contributed by atoms with E-state index in [0.29, 0.717) is 0 Å². The van der Waals surface area contributed by atoms with Gasteiger partial charge in [-0.25, -0.2) is 0 Å². The van der Waals surface area contributed by atoms with E-state index in [9.17, 15) is 14.4 Å². The van der Waals surface area contributed by atoms with Crippen molar-refractivity contribution in [3.05, 3.63) is 35.9 Å². The number of rotatable bonds is 5. The molecule has 0 fully saturated rings. The van der Waals surface area contributed by atoms with Gasteiger partial charge in [0.05, 0.1) is 0 Å². The van der Waals surface area contributed by atoms with Gasteiger partial charge >= 0.3 is 0 Å². The van der Waals surface area contributed by atoms with Gasteiger partial charge in [-0.3, -0.25) is 14.4 Å². The number of nitrogens with one attached hydrogen (secondary N) is 1. The predicted molar refractivity (Wildman–Crippen MR) is 80.4 cm³/mol. The number of carbonyl (C=O) groups excluding carboxylic acids is 3. The summed E-state index contributed by atoms with van der Waals surface area (Å²) in [5, 5.41) is 2.79. The lowest BCUT2D eigenvalue weighted by atomic mass is 10.1. The fraction of sp³-hybridized carbons (Fsp3) is 0.438. The van der Waals surface area contributed by atoms with E-state index in [4.69, 9.17) is 0 Å². The van der Waals surface area contributed by atoms with Crippen molar-refractivity contribution < 1.29 is 14.4 Å². The van der Waals surface area contributed by atoms with Crippen molar-refractivity contribution in [2.45, 2.75) is 39.8 Å². The Labute approximate surface area is 125 Å². The smallest absolute Gasteiger partial charge is 0.290 e. The van der Waals surface area contributed by atoms with Crippen LogP contribution < -0.4 is 5.32 Å². The van der Waals surface area contributed by atoms with Crippen molar-refractivity contribution in [1.29, 1.82) is 0 Å². The second kappa shape index (κ2) is 7.02. The average Bonchev–Trinajstić information content (AvgIpc) is 2.36. The Balaban J connectivity index is 2.81. The van der Waals surface area contributed by atoms with Crippen LogP contribution in [0, 0.1) is 0 Å². The summed E-state index contributed by atoms with van der Waals surface area (Å²) in [6.07, 6.45) is 0. The summed E-state index contributed by atoms with van der Waals surface area (Å²) >= 11 is 0. The Morgan fingerprint density at radius 1 is 1.10 bits per heavy atom. The van der Waals surface area contributed by atoms with E-state index in [-0.39, 0.29) is 24.5 Å². The molecule has 5 nitrogen and oxygen atoms in total. The Bertz CT molecular complexity index is 518. The molecule has 21 heavy (non-hydrogen) atoms. The highest BCUT2D eigenvalue weighted by Crippen LogP contribution is 2.06. The maximum Gasteiger partial charge on any atom is 0.290 e. The zero-order chi connectivity index (χ0) is 16.0. The maximum absolute atomic E-state index is 12.0. The fourth-order valence-electron chi connectivity index (χ4n) is 1.86. The lowest BCUT2D eigenvalue weighted by molar-refractivity contribution is -0.145. The molecule has 0 unspecified atom stereocenters. The molecule has 0 radical (unpaired) electrons. The molecule has 0 aliphatic rings. The predicted octanol–water partition coefficient (Wildman–Crippen LogP) is 1.52. The summed E-state index contributed by atoms with van der Waals surface area (Å²) in [4.78, 5) is 36.5. The third-order valence-electron chi connectivity index (χ3n) is 2.65. The number of hydrogen-bond acceptors (Lipinski definition) is 3. The zero-order valence-corrected chi connectivity index (χ0v) is 13.0. The van der Waals surface area contributed by atoms with E-state index in [2.05, 4.69) is 5.32 Å². The number of benzene rings is 1. The van der Waals surface area contributed by atoms with Crippen molar-refractivity contribution in [3.8, 4) is 0 Å². The highest BCUT2D eigenvalue weighted by molar-refractivity contribution is 6.35. The first-order chi connectivity index (χ1) is 9.69. The molecule has 1 aromatic rings. The van der Waals surface area contributed by atoms with Crippen LogP contribution in [-0.4, -0.2) is 34.6 Å². The van der Waals surface area contributed by atoms with Crippen molar-refractivity contribution in [2.24, 2.45) is 0 Å². The highest BCUT2D eigenvalue weighted by atomic mass is 16.2. The molecular weight excluding hydrogens is 268 g/mol. The van der Waals surface area contributed by atoms with Crippen molar-refractivity contribution in [2.75, 3.05) is 6.54 Å². The minimum absolute atomic E-state index is 0.134. The third-order valence-corrected chi connectivity index (χ3v) is 2.65. The molecule has 1 N–H and O–H groups in total. The molecule has 0 bridgehead atoms. The number of amides is 2. The van der Waals surface area contributed by atoms with E-state index in [1.54, 1.807) is 0 Å². The van der Waals surface area contributed by atoms with Gasteiger partial charge in [-0.05, 0) is 26.3 Å². The minimum Gasteiger partial charge on any atom is -0.350 e. The highest BCUT2D eigenvalue weighted by Gasteiger charge is 2.23. The number of ketones is 1. The number of nitrogens with zero attached hydrogens (tertiary/aromatic N) is 1. The summed E-state index contributed by atoms with van der Waals surface area (Å²) in [6.45, 7) is 6.89. The molecule has 0 saturated carbocycles. The van der Waals surface area contributed by atoms with Crippen LogP contribution in [0.2, 0.25) is 0 Å². The third kappa shape index (κ3) is 6.21. The molecule has 5 heteroatoms. The van der Waals surface area contributed by atoms with Crippen molar-refractivity contribution in [1.82, 2.24) is 10.2 Å². The maximum atomic E-state index is 12.0. The molecule has 0 atom stereocenters. The molecule has 1 rings (SSSR count). The number of Topliss-reactive ketones (excluding diaryl/α,β-unsaturated/α-hetero) is 1. The van der Waals surface area contributed by atoms with Gasteiger partial charge in [-0.2, -0.15) is 0 Å². The Kier molecular flexibility index (Phi) is 5.64. The van der Waals surface area contributed by atoms with Gasteiger partial charge in [0.25, 0.3) is 5.91 Å². The van der Waals surface area contributed by atoms with Gasteiger partial charge in [0.2, 0.25) is 11.7 Å². The van der Waals surface area contributed by atoms with Gasteiger partial charge in [-0.15, -0.1) is 0 Å². The molecule has 0 aliphatic carbocycles. The minimum atomic E-state index is -0.650. The monoisotopic (exact) mass is 290 g/mol. The summed E-state index contributed by atoms with van der Waals surface area (Å²) in [5.41, 5.74) is 0.491. The van der Waals surface area contributed by atoms with Crippen LogP contribution in [0.4, 0.5) is 0 Å². The van der Waals surface area contributed by atoms with E-state index in [1.165, 1.54) is 11.8 Å². The number of hydrogen-bond donors (Lipinski definition) is 1. The summed E-state index contributed by atoms with van der Waals surface area (Å²) in [5.74, 6) is -1.51. The van der Waals surface area contributed by atoms with Gasteiger partial charge in [0.1, 0.15) is 6.54 Å². The summed E-state index contributed by atoms with van der Waals surface area (Å²) in [6, 6.07) is 9.26. The molecule has 1 aromatic carbocycles. The molecular formula is C16H22N2O3. The van der Waals surface area contributed by atoms with Crippen LogP contribution in [0.25, 0.3) is 0 Å². The molecule has 0 spiro atoms. The second-order valence-corrected chi connectivity index (χ2v) is 6.00. The lowest BCUT2D eigenvalue weighted by Gasteiger charge is -2.25. The van der Waals surface area contributed by atoms with E-state index >= 15 is 0 Å². The molecule has 0 aromatic heterocycles. The molecule has 0 heterocycles. The Morgan fingerprint density at radius 2 is 1.67 bits per heavy atom. The summed E-state index contributed by atoms with van der Waals surface area (Å²) < 4.78 is 0. The largest absolute Gasteiger partial charge is 0.350 e. The first-order valence-corrected chi connectivity index (χ1v) is 6.84. The van der Waals surface area contributed by atoms with Gasteiger partial charge in [0.15, 0.2) is 0 Å². The van der Waals surface area contributed by atoms with Crippen LogP contribution >= 0.6 is 0 Å². The zero-order valence-electron chi connectivity index (χ0n) is 13.0. The van der Waals surface area contributed by atoms with Gasteiger partial charge in [-0.1, -0.05) is 30.3 Å². The van der Waals surface area contributed by atoms with Crippen LogP contribution in [0.15, 0.2) is 30.3 Å². The van der Waals surface area contributed by atoms with Crippen LogP contribution in [0.3, 0.4) is 0 Å². The average molecular weight is 290 g/mol. The number of carbonyl (C=O) groups is 3. The lowest BCUT2D eigenvalue weighted by Crippen LogP contribution is -2.48. The van der Waals surface area contributed by atoms with Gasteiger partial charge in [0, 0.05) is 19.0 Å². The Morgan fingerprint density at radius 3 is 2.14 bits per heavy atom. The summed E-state index contributed by atoms with van der Waals surface area (Å²) in [7, 11) is 0. The quantitative estimate of drug-likeness (QED) is 0.836. The van der Waals surface area contributed by atoms with E-state index in [1.807, 2.05) is 51.1 Å². The first kappa shape index (κ1) is 16.9. The molecule has 2 amide bonds. The Hall–Kier alpha value is -2.17. The molecule has 0 saturated heterocycles. The fourth-order valence-corrected chi connectivity index (χ4v) is 1.86. The van der Waals surface area contributed by atoms with Crippen LogP contribution in [0.1, 0.15) is 33.3 Å². The van der Waals surface area contributed by atoms with E-state index in [0.717, 1.165) is 5.56 Å². The SMILES string of the molecule is CC(=O)C(=O)N(CC(=O)NC(C)(C)C)Cc1ccccc1. The topological polar surface area (TPSA) is 66.5 Å². The van der Waals surface area contributed by atoms with E-state index < -0.39 is 11.7 Å². The molecule has 0 aliphatic heterocycles. The molecule has 114 valence electrons. The van der Waals surface area contributed by atoms with Crippen LogP contribution in [0.5, 0.6) is 0 Å². The van der Waals surface area contributed by atoms with Crippen LogP contribution in [-0.2, 0) is 20.9 Å². The van der Waals surface area contributed by atoms with Gasteiger partial charge < -0.3 is 10.2 Å². The van der Waals surface area contributed by atoms with Crippen molar-refractivity contribution in [3.63, 3.8) is 0 Å². The second-order valence-electron chi connectivity index (χ2n) is 6.00. The normalized spacial score (nSPS) is 10.9. The first-order valence-electron chi connectivity index (χ1n) is 6.84. The van der Waals surface area contributed by atoms with Crippen molar-refractivity contribution >= 4 is 17.6 Å². The standard InChI is InChI=1S/C16H22N2O3/c1-12(19)15(21)18(10-13-8-6-5-7-9-13)11-14(20)17-16(2,3)4/h5-9H,10-11H2,1-4H3,(H,17,20).